The SMILES string of the molecule is CNC(=O)c1nnc(NC(=O)C2CC2)cc1Nc1cccc(-c2cnn(C3CN(Cc4cccc(C#CCO)n4)C3)c2)c1OC. The highest BCUT2D eigenvalue weighted by Gasteiger charge is 2.31. The summed E-state index contributed by atoms with van der Waals surface area (Å²) in [6.07, 6.45) is 5.52. The molecular formula is C32H33N9O4. The van der Waals surface area contributed by atoms with Crippen LogP contribution in [0.1, 0.15) is 40.8 Å². The number of nitrogens with one attached hydrogen (secondary N) is 3. The minimum Gasteiger partial charge on any atom is -0.494 e. The lowest BCUT2D eigenvalue weighted by Crippen LogP contribution is -2.47. The second-order valence-electron chi connectivity index (χ2n) is 10.9. The largest absolute Gasteiger partial charge is 0.494 e. The van der Waals surface area contributed by atoms with Crippen molar-refractivity contribution in [2.45, 2.75) is 25.4 Å². The number of likely N-dealkylation sites (tertiary alicyclic amines) is 1. The van der Waals surface area contributed by atoms with E-state index in [1.807, 2.05) is 53.5 Å². The molecular weight excluding hydrogens is 574 g/mol. The standard InChI is InChI=1S/C32H33N9O4/c1-33-32(44)29-27(14-28(38-39-29)37-31(43)20-11-12-20)36-26-10-4-9-25(30(26)45-2)21-15-34-41(16-21)24-18-40(19-24)17-23-7-3-6-22(35-23)8-5-13-42/h3-4,6-7,9-10,14-16,20,24,42H,11-13,17-19H2,1-2H3,(H,33,44)(H2,36,37,38,43). The van der Waals surface area contributed by atoms with Crippen LogP contribution in [0, 0.1) is 17.8 Å². The number of aromatic nitrogens is 5. The summed E-state index contributed by atoms with van der Waals surface area (Å²) in [5.74, 6) is 5.77. The predicted octanol–water partition coefficient (Wildman–Crippen LogP) is 2.60. The number of rotatable bonds is 10. The summed E-state index contributed by atoms with van der Waals surface area (Å²) in [6.45, 7) is 2.16. The highest BCUT2D eigenvalue weighted by Crippen LogP contribution is 2.39. The number of carbonyl (C=O) groups excluding carboxylic acids is 2. The van der Waals surface area contributed by atoms with Gasteiger partial charge in [-0.3, -0.25) is 19.2 Å². The second-order valence-corrected chi connectivity index (χ2v) is 10.9. The van der Waals surface area contributed by atoms with E-state index in [2.05, 4.69) is 53.0 Å². The molecule has 6 rings (SSSR count). The number of anilines is 3. The van der Waals surface area contributed by atoms with Gasteiger partial charge in [-0.1, -0.05) is 24.1 Å². The molecule has 13 nitrogen and oxygen atoms in total. The summed E-state index contributed by atoms with van der Waals surface area (Å²) in [6, 6.07) is 13.2. The van der Waals surface area contributed by atoms with Crippen LogP contribution in [0.3, 0.4) is 0 Å². The van der Waals surface area contributed by atoms with Gasteiger partial charge in [0.2, 0.25) is 5.91 Å². The van der Waals surface area contributed by atoms with Gasteiger partial charge in [-0.05, 0) is 37.0 Å². The van der Waals surface area contributed by atoms with Gasteiger partial charge in [0.05, 0.1) is 36.4 Å². The molecule has 1 aliphatic heterocycles. The van der Waals surface area contributed by atoms with Crippen LogP contribution in [0.5, 0.6) is 5.75 Å². The summed E-state index contributed by atoms with van der Waals surface area (Å²) in [7, 11) is 3.10. The maximum absolute atomic E-state index is 12.6. The predicted molar refractivity (Wildman–Crippen MR) is 167 cm³/mol. The Balaban J connectivity index is 1.17. The fraction of sp³-hybridized carbons (Fsp3) is 0.312. The zero-order valence-corrected chi connectivity index (χ0v) is 24.9. The minimum absolute atomic E-state index is 0.00486. The van der Waals surface area contributed by atoms with Crippen LogP contribution in [0.25, 0.3) is 11.1 Å². The average Bonchev–Trinajstić information content (AvgIpc) is 3.79. The van der Waals surface area contributed by atoms with Crippen LogP contribution >= 0.6 is 0 Å². The van der Waals surface area contributed by atoms with Crippen molar-refractivity contribution in [3.05, 3.63) is 71.9 Å². The Bertz CT molecular complexity index is 1780. The van der Waals surface area contributed by atoms with Gasteiger partial charge >= 0.3 is 0 Å². The number of pyridine rings is 1. The van der Waals surface area contributed by atoms with Crippen molar-refractivity contribution in [3.8, 4) is 28.7 Å². The third-order valence-corrected chi connectivity index (χ3v) is 7.64. The highest BCUT2D eigenvalue weighted by molar-refractivity contribution is 6.00. The molecule has 13 heteroatoms. The molecule has 4 aromatic rings. The van der Waals surface area contributed by atoms with Crippen molar-refractivity contribution in [2.24, 2.45) is 5.92 Å². The molecule has 2 aliphatic rings. The summed E-state index contributed by atoms with van der Waals surface area (Å²) in [4.78, 5) is 31.8. The van der Waals surface area contributed by atoms with Gasteiger partial charge in [-0.25, -0.2) is 4.98 Å². The normalized spacial score (nSPS) is 14.6. The number of benzene rings is 1. The number of aliphatic hydroxyl groups excluding tert-OH is 1. The first-order valence-electron chi connectivity index (χ1n) is 14.6. The summed E-state index contributed by atoms with van der Waals surface area (Å²) >= 11 is 0. The molecule has 0 spiro atoms. The van der Waals surface area contributed by atoms with E-state index in [0.29, 0.717) is 29.4 Å². The van der Waals surface area contributed by atoms with E-state index in [1.54, 1.807) is 13.2 Å². The van der Waals surface area contributed by atoms with Crippen LogP contribution in [-0.2, 0) is 11.3 Å². The third-order valence-electron chi connectivity index (χ3n) is 7.64. The molecule has 230 valence electrons. The Morgan fingerprint density at radius 2 is 1.93 bits per heavy atom. The van der Waals surface area contributed by atoms with Crippen molar-refractivity contribution in [1.82, 2.24) is 35.2 Å². The van der Waals surface area contributed by atoms with E-state index < -0.39 is 5.91 Å². The topological polar surface area (TPSA) is 159 Å². The molecule has 3 aromatic heterocycles. The number of ether oxygens (including phenoxy) is 1. The Hall–Kier alpha value is -5.32. The lowest BCUT2D eigenvalue weighted by Gasteiger charge is -2.39. The molecule has 0 bridgehead atoms. The fourth-order valence-corrected chi connectivity index (χ4v) is 5.15. The van der Waals surface area contributed by atoms with E-state index in [-0.39, 0.29) is 36.0 Å². The molecule has 2 fully saturated rings. The molecule has 4 N–H and O–H groups in total. The first-order valence-corrected chi connectivity index (χ1v) is 14.6. The van der Waals surface area contributed by atoms with E-state index in [1.165, 1.54) is 7.05 Å². The van der Waals surface area contributed by atoms with Crippen LogP contribution in [0.4, 0.5) is 17.2 Å². The highest BCUT2D eigenvalue weighted by atomic mass is 16.5. The molecule has 1 aromatic carbocycles. The molecule has 0 atom stereocenters. The average molecular weight is 608 g/mol. The number of aliphatic hydroxyl groups is 1. The Labute approximate surface area is 260 Å². The molecule has 0 radical (unpaired) electrons. The quantitative estimate of drug-likeness (QED) is 0.197. The molecule has 1 aliphatic carbocycles. The number of methoxy groups -OCH3 is 1. The molecule has 2 amide bonds. The van der Waals surface area contributed by atoms with Gasteiger partial charge in [0.1, 0.15) is 18.1 Å². The number of carbonyl (C=O) groups is 2. The van der Waals surface area contributed by atoms with Crippen LogP contribution in [-0.4, -0.2) is 80.6 Å². The van der Waals surface area contributed by atoms with Crippen molar-refractivity contribution in [2.75, 3.05) is 44.5 Å². The van der Waals surface area contributed by atoms with Crippen molar-refractivity contribution in [3.63, 3.8) is 0 Å². The van der Waals surface area contributed by atoms with Crippen LogP contribution < -0.4 is 20.7 Å². The zero-order chi connectivity index (χ0) is 31.3. The van der Waals surface area contributed by atoms with Gasteiger partial charge < -0.3 is 25.8 Å². The fourth-order valence-electron chi connectivity index (χ4n) is 5.15. The lowest BCUT2D eigenvalue weighted by atomic mass is 10.1. The van der Waals surface area contributed by atoms with Gasteiger partial charge in [-0.15, -0.1) is 10.2 Å². The smallest absolute Gasteiger partial charge is 0.273 e. The zero-order valence-electron chi connectivity index (χ0n) is 24.9. The molecule has 1 saturated carbocycles. The Morgan fingerprint density at radius 3 is 2.69 bits per heavy atom. The Kier molecular flexibility index (Phi) is 8.68. The Morgan fingerprint density at radius 1 is 1.11 bits per heavy atom. The lowest BCUT2D eigenvalue weighted by molar-refractivity contribution is -0.117. The monoisotopic (exact) mass is 607 g/mol. The summed E-state index contributed by atoms with van der Waals surface area (Å²) in [5, 5.41) is 30.3. The maximum atomic E-state index is 12.6. The summed E-state index contributed by atoms with van der Waals surface area (Å²) < 4.78 is 7.81. The van der Waals surface area contributed by atoms with Gasteiger partial charge in [0.25, 0.3) is 5.91 Å². The van der Waals surface area contributed by atoms with Crippen LogP contribution in [0.2, 0.25) is 0 Å². The number of para-hydroxylation sites is 1. The number of nitrogens with zero attached hydrogens (tertiary/aromatic N) is 6. The van der Waals surface area contributed by atoms with Crippen molar-refractivity contribution in [1.29, 1.82) is 0 Å². The minimum atomic E-state index is -0.421. The molecule has 4 heterocycles. The first kappa shape index (κ1) is 29.7. The van der Waals surface area contributed by atoms with Crippen molar-refractivity contribution >= 4 is 29.0 Å². The molecule has 45 heavy (non-hydrogen) atoms. The van der Waals surface area contributed by atoms with Gasteiger partial charge in [0, 0.05) is 56.0 Å². The van der Waals surface area contributed by atoms with E-state index in [0.717, 1.165) is 42.8 Å². The first-order chi connectivity index (χ1) is 21.9. The maximum Gasteiger partial charge on any atom is 0.273 e. The van der Waals surface area contributed by atoms with E-state index in [9.17, 15) is 9.59 Å². The van der Waals surface area contributed by atoms with Crippen LogP contribution in [0.15, 0.2) is 54.9 Å². The number of amides is 2. The van der Waals surface area contributed by atoms with E-state index >= 15 is 0 Å². The number of hydrogen-bond acceptors (Lipinski definition) is 10. The van der Waals surface area contributed by atoms with Crippen molar-refractivity contribution < 1.29 is 19.4 Å². The van der Waals surface area contributed by atoms with Gasteiger partial charge in [0.15, 0.2) is 11.5 Å². The second kappa shape index (κ2) is 13.1. The summed E-state index contributed by atoms with van der Waals surface area (Å²) in [5.41, 5.74) is 4.33. The third kappa shape index (κ3) is 6.77. The number of hydrogen-bond donors (Lipinski definition) is 4. The van der Waals surface area contributed by atoms with E-state index in [4.69, 9.17) is 9.84 Å². The molecule has 1 saturated heterocycles. The van der Waals surface area contributed by atoms with Gasteiger partial charge in [-0.2, -0.15) is 5.10 Å². The molecule has 0 unspecified atom stereocenters.